The fourth-order valence-corrected chi connectivity index (χ4v) is 5.77. The average Bonchev–Trinajstić information content (AvgIpc) is 2.99. The van der Waals surface area contributed by atoms with E-state index in [0.717, 1.165) is 17.9 Å². The fraction of sp³-hybridized carbons (Fsp3) is 0.379. The lowest BCUT2D eigenvalue weighted by Gasteiger charge is -2.40. The second kappa shape index (κ2) is 12.2. The van der Waals surface area contributed by atoms with Gasteiger partial charge >= 0.3 is 12.3 Å². The molecular weight excluding hydrogens is 587 g/mol. The van der Waals surface area contributed by atoms with E-state index in [0.29, 0.717) is 5.56 Å². The molecule has 0 spiro atoms. The summed E-state index contributed by atoms with van der Waals surface area (Å²) < 4.78 is 77.7. The minimum Gasteiger partial charge on any atom is -0.445 e. The Morgan fingerprint density at radius 3 is 2.53 bits per heavy atom. The van der Waals surface area contributed by atoms with E-state index in [-0.39, 0.29) is 62.9 Å². The molecule has 0 radical (unpaired) electrons. The van der Waals surface area contributed by atoms with Crippen LogP contribution < -0.4 is 4.90 Å². The molecule has 1 saturated heterocycles. The van der Waals surface area contributed by atoms with Crippen molar-refractivity contribution in [1.29, 1.82) is 0 Å². The zero-order valence-corrected chi connectivity index (χ0v) is 23.9. The van der Waals surface area contributed by atoms with E-state index in [1.807, 2.05) is 30.3 Å². The maximum absolute atomic E-state index is 13.7. The number of sulfone groups is 1. The van der Waals surface area contributed by atoms with Gasteiger partial charge in [-0.3, -0.25) is 4.90 Å². The minimum absolute atomic E-state index is 0.0318. The van der Waals surface area contributed by atoms with Gasteiger partial charge in [0.25, 0.3) is 0 Å². The standard InChI is InChI=1S/C29H28F3N5O5S/c1-33-15-20-16-36(12-13-37(20)28(38)42-17-19-8-4-3-5-9-19)26-22-18-41-25(14-24(22)34-27(35-26)43(2,39)40)21-10-6-7-11-23(21)29(30,31)32/h3-11,20,25H,12-18H2,2H3/t20-,25?/m0/s1. The summed E-state index contributed by atoms with van der Waals surface area (Å²) in [5.74, 6) is 0.250. The first-order chi connectivity index (χ1) is 20.5. The summed E-state index contributed by atoms with van der Waals surface area (Å²) in [6.45, 7) is 7.87. The van der Waals surface area contributed by atoms with Crippen molar-refractivity contribution in [3.63, 3.8) is 0 Å². The Kier molecular flexibility index (Phi) is 8.57. The van der Waals surface area contributed by atoms with Gasteiger partial charge in [0.15, 0.2) is 0 Å². The molecule has 10 nitrogen and oxygen atoms in total. The van der Waals surface area contributed by atoms with Crippen LogP contribution in [-0.2, 0) is 45.1 Å². The highest BCUT2D eigenvalue weighted by atomic mass is 32.2. The van der Waals surface area contributed by atoms with Crippen LogP contribution in [0.3, 0.4) is 0 Å². The molecule has 0 saturated carbocycles. The molecule has 1 unspecified atom stereocenters. The highest BCUT2D eigenvalue weighted by molar-refractivity contribution is 7.90. The molecule has 5 rings (SSSR count). The second-order valence-electron chi connectivity index (χ2n) is 10.3. The van der Waals surface area contributed by atoms with E-state index in [4.69, 9.17) is 16.0 Å². The molecular formula is C29H28F3N5O5S. The third kappa shape index (κ3) is 6.73. The van der Waals surface area contributed by atoms with Gasteiger partial charge in [-0.25, -0.2) is 29.8 Å². The predicted octanol–water partition coefficient (Wildman–Crippen LogP) is 4.46. The van der Waals surface area contributed by atoms with Crippen LogP contribution in [0.15, 0.2) is 59.8 Å². The molecule has 2 atom stereocenters. The number of rotatable bonds is 6. The number of fused-ring (bicyclic) bond motifs is 1. The molecule has 3 aromatic rings. The lowest BCUT2D eigenvalue weighted by molar-refractivity contribution is -0.139. The number of halogens is 3. The normalized spacial score (nSPS) is 19.0. The molecule has 14 heteroatoms. The third-order valence-corrected chi connectivity index (χ3v) is 8.17. The van der Waals surface area contributed by atoms with Crippen LogP contribution in [0.25, 0.3) is 4.85 Å². The summed E-state index contributed by atoms with van der Waals surface area (Å²) in [5, 5.41) is -0.461. The van der Waals surface area contributed by atoms with Gasteiger partial charge in [-0.2, -0.15) is 13.2 Å². The summed E-state index contributed by atoms with van der Waals surface area (Å²) >= 11 is 0. The van der Waals surface area contributed by atoms with Crippen LogP contribution in [0.1, 0.15) is 34.1 Å². The molecule has 1 aromatic heterocycles. The second-order valence-corrected chi connectivity index (χ2v) is 12.2. The molecule has 226 valence electrons. The molecule has 0 aliphatic carbocycles. The van der Waals surface area contributed by atoms with Gasteiger partial charge in [-0.15, -0.1) is 0 Å². The highest BCUT2D eigenvalue weighted by Crippen LogP contribution is 2.40. The lowest BCUT2D eigenvalue weighted by Crippen LogP contribution is -2.57. The van der Waals surface area contributed by atoms with Gasteiger partial charge < -0.3 is 19.2 Å². The molecule has 3 heterocycles. The Morgan fingerprint density at radius 1 is 1.12 bits per heavy atom. The van der Waals surface area contributed by atoms with E-state index in [1.54, 1.807) is 4.90 Å². The fourth-order valence-electron chi connectivity index (χ4n) is 5.25. The van der Waals surface area contributed by atoms with Crippen molar-refractivity contribution in [2.45, 2.75) is 43.1 Å². The summed E-state index contributed by atoms with van der Waals surface area (Å²) in [6, 6.07) is 13.7. The number of piperazine rings is 1. The quantitative estimate of drug-likeness (QED) is 0.296. The maximum atomic E-state index is 13.7. The number of alkyl halides is 3. The van der Waals surface area contributed by atoms with Crippen molar-refractivity contribution in [3.05, 3.63) is 94.0 Å². The number of anilines is 1. The number of carbonyl (C=O) groups is 1. The molecule has 0 bridgehead atoms. The van der Waals surface area contributed by atoms with Crippen LogP contribution >= 0.6 is 0 Å². The molecule has 1 fully saturated rings. The first-order valence-electron chi connectivity index (χ1n) is 13.4. The van der Waals surface area contributed by atoms with Gasteiger partial charge in [-0.1, -0.05) is 48.5 Å². The van der Waals surface area contributed by atoms with Gasteiger partial charge in [-0.05, 0) is 17.2 Å². The van der Waals surface area contributed by atoms with Gasteiger partial charge in [0.2, 0.25) is 21.5 Å². The van der Waals surface area contributed by atoms with Gasteiger partial charge in [0.1, 0.15) is 18.5 Å². The summed E-state index contributed by atoms with van der Waals surface area (Å²) in [5.41, 5.74) is 0.632. The van der Waals surface area contributed by atoms with Crippen LogP contribution in [-0.4, -0.2) is 67.9 Å². The van der Waals surface area contributed by atoms with Crippen LogP contribution in [0.5, 0.6) is 0 Å². The Bertz CT molecular complexity index is 1650. The van der Waals surface area contributed by atoms with E-state index in [2.05, 4.69) is 14.8 Å². The summed E-state index contributed by atoms with van der Waals surface area (Å²) in [6.07, 6.45) is -5.33. The van der Waals surface area contributed by atoms with E-state index in [1.165, 1.54) is 23.1 Å². The number of ether oxygens (including phenoxy) is 2. The number of aromatic nitrogens is 2. The lowest BCUT2D eigenvalue weighted by atomic mass is 9.95. The number of nitrogens with zero attached hydrogens (tertiary/aromatic N) is 5. The number of carbonyl (C=O) groups excluding carboxylic acids is 1. The smallest absolute Gasteiger partial charge is 0.416 e. The molecule has 2 aliphatic rings. The molecule has 2 aliphatic heterocycles. The Labute approximate surface area is 246 Å². The van der Waals surface area contributed by atoms with Crippen molar-refractivity contribution < 1.29 is 35.9 Å². The molecule has 0 N–H and O–H groups in total. The van der Waals surface area contributed by atoms with Crippen LogP contribution in [0, 0.1) is 6.57 Å². The Hall–Kier alpha value is -4.22. The van der Waals surface area contributed by atoms with Crippen molar-refractivity contribution in [1.82, 2.24) is 14.9 Å². The number of amides is 1. The van der Waals surface area contributed by atoms with Crippen LogP contribution in [0.2, 0.25) is 0 Å². The number of hydrogen-bond acceptors (Lipinski definition) is 8. The van der Waals surface area contributed by atoms with Gasteiger partial charge in [0, 0.05) is 37.9 Å². The van der Waals surface area contributed by atoms with Crippen molar-refractivity contribution in [2.75, 3.05) is 37.3 Å². The summed E-state index contributed by atoms with van der Waals surface area (Å²) in [4.78, 5) is 28.3. The number of benzene rings is 2. The zero-order valence-electron chi connectivity index (χ0n) is 23.1. The number of hydrogen-bond donors (Lipinski definition) is 0. The Morgan fingerprint density at radius 2 is 1.84 bits per heavy atom. The Balaban J connectivity index is 1.42. The van der Waals surface area contributed by atoms with Crippen molar-refractivity contribution in [2.24, 2.45) is 0 Å². The third-order valence-electron chi connectivity index (χ3n) is 7.33. The van der Waals surface area contributed by atoms with E-state index >= 15 is 0 Å². The van der Waals surface area contributed by atoms with Gasteiger partial charge in [0.05, 0.1) is 24.0 Å². The predicted molar refractivity (Wildman–Crippen MR) is 149 cm³/mol. The first kappa shape index (κ1) is 30.2. The molecule has 43 heavy (non-hydrogen) atoms. The monoisotopic (exact) mass is 615 g/mol. The molecule has 2 aromatic carbocycles. The maximum Gasteiger partial charge on any atom is 0.416 e. The minimum atomic E-state index is -4.60. The average molecular weight is 616 g/mol. The topological polar surface area (TPSA) is 106 Å². The largest absolute Gasteiger partial charge is 0.445 e. The van der Waals surface area contributed by atoms with Crippen LogP contribution in [0.4, 0.5) is 23.8 Å². The van der Waals surface area contributed by atoms with Crippen molar-refractivity contribution in [3.8, 4) is 0 Å². The zero-order chi connectivity index (χ0) is 30.8. The van der Waals surface area contributed by atoms with Crippen molar-refractivity contribution >= 4 is 21.7 Å². The molecule has 1 amide bonds. The summed E-state index contributed by atoms with van der Waals surface area (Å²) in [7, 11) is -3.90. The SMILES string of the molecule is [C-]#[N+]C[C@H]1CN(c2nc(S(C)(=O)=O)nc3c2COC(c2ccccc2C(F)(F)F)C3)CCN1C(=O)OCc1ccccc1. The first-order valence-corrected chi connectivity index (χ1v) is 15.3. The van der Waals surface area contributed by atoms with E-state index < -0.39 is 45.0 Å². The highest BCUT2D eigenvalue weighted by Gasteiger charge is 2.39. The van der Waals surface area contributed by atoms with E-state index in [9.17, 15) is 26.4 Å².